The van der Waals surface area contributed by atoms with Gasteiger partial charge < -0.3 is 5.32 Å². The van der Waals surface area contributed by atoms with Gasteiger partial charge in [0.15, 0.2) is 0 Å². The number of rotatable bonds is 7. The fraction of sp³-hybridized carbons (Fsp3) is 0.789. The Morgan fingerprint density at radius 3 is 2.70 bits per heavy atom. The average molecular weight is 395 g/mol. The topological polar surface area (TPSA) is 95.2 Å². The van der Waals surface area contributed by atoms with Gasteiger partial charge in [0.25, 0.3) is 0 Å². The van der Waals surface area contributed by atoms with Gasteiger partial charge in [-0.25, -0.2) is 12.7 Å². The number of anilines is 1. The van der Waals surface area contributed by atoms with E-state index in [2.05, 4.69) is 15.5 Å². The van der Waals surface area contributed by atoms with Crippen LogP contribution in [0.3, 0.4) is 0 Å². The molecule has 1 amide bonds. The second kappa shape index (κ2) is 7.91. The Balaban J connectivity index is 1.40. The maximum Gasteiger partial charge on any atom is 0.227 e. The number of carbonyl (C=O) groups is 1. The van der Waals surface area contributed by atoms with E-state index in [9.17, 15) is 13.2 Å². The first-order valence-corrected chi connectivity index (χ1v) is 12.0. The van der Waals surface area contributed by atoms with Gasteiger partial charge in [0, 0.05) is 24.9 Å². The highest BCUT2D eigenvalue weighted by atomic mass is 32.2. The van der Waals surface area contributed by atoms with Crippen molar-refractivity contribution < 1.29 is 13.2 Å². The van der Waals surface area contributed by atoms with Crippen LogP contribution in [0.15, 0.2) is 6.20 Å². The minimum Gasteiger partial charge on any atom is -0.323 e. The fourth-order valence-electron chi connectivity index (χ4n) is 4.41. The van der Waals surface area contributed by atoms with Gasteiger partial charge in [0.05, 0.1) is 23.3 Å². The van der Waals surface area contributed by atoms with E-state index < -0.39 is 10.0 Å². The summed E-state index contributed by atoms with van der Waals surface area (Å²) in [6, 6.07) is 0. The van der Waals surface area contributed by atoms with Crippen LogP contribution >= 0.6 is 0 Å². The van der Waals surface area contributed by atoms with Gasteiger partial charge in [-0.05, 0) is 38.0 Å². The Morgan fingerprint density at radius 2 is 1.96 bits per heavy atom. The van der Waals surface area contributed by atoms with Gasteiger partial charge in [-0.3, -0.25) is 9.89 Å². The summed E-state index contributed by atoms with van der Waals surface area (Å²) in [5.74, 6) is 1.10. The van der Waals surface area contributed by atoms with E-state index >= 15 is 0 Å². The number of carbonyl (C=O) groups excluding carboxylic acids is 1. The molecule has 1 aromatic heterocycles. The van der Waals surface area contributed by atoms with Crippen LogP contribution in [-0.2, 0) is 14.8 Å². The maximum absolute atomic E-state index is 12.7. The molecule has 2 N–H and O–H groups in total. The number of nitrogens with one attached hydrogen (secondary N) is 2. The average Bonchev–Trinajstić information content (AvgIpc) is 3.13. The number of sulfonamides is 1. The zero-order chi connectivity index (χ0) is 18.9. The lowest BCUT2D eigenvalue weighted by atomic mass is 9.95. The molecule has 2 saturated carbocycles. The van der Waals surface area contributed by atoms with Crippen molar-refractivity contribution in [3.63, 3.8) is 0 Å². The maximum atomic E-state index is 12.7. The van der Waals surface area contributed by atoms with Crippen molar-refractivity contribution in [2.75, 3.05) is 24.2 Å². The van der Waals surface area contributed by atoms with Crippen LogP contribution in [0.25, 0.3) is 0 Å². The molecule has 1 aliphatic heterocycles. The molecule has 150 valence electrons. The Bertz CT molecular complexity index is 766. The monoisotopic (exact) mass is 394 g/mol. The lowest BCUT2D eigenvalue weighted by molar-refractivity contribution is -0.119. The van der Waals surface area contributed by atoms with Gasteiger partial charge in [-0.1, -0.05) is 25.7 Å². The number of hydrogen-bond donors (Lipinski definition) is 2. The first-order chi connectivity index (χ1) is 13.0. The van der Waals surface area contributed by atoms with E-state index in [1.54, 1.807) is 10.5 Å². The number of hydrogen-bond acceptors (Lipinski definition) is 4. The molecule has 0 aromatic carbocycles. The van der Waals surface area contributed by atoms with E-state index in [0.717, 1.165) is 50.6 Å². The van der Waals surface area contributed by atoms with Crippen LogP contribution in [0, 0.1) is 11.8 Å². The molecule has 7 nitrogen and oxygen atoms in total. The standard InChI is InChI=1S/C19H30N4O3S/c24-19(15-4-1-2-5-15)21-17-12-20-22-18(17)16-6-3-10-23(13-16)27(25,26)11-9-14-7-8-14/h12,14-16H,1-11,13H2,(H,20,22)(H,21,24). The zero-order valence-electron chi connectivity index (χ0n) is 15.8. The van der Waals surface area contributed by atoms with Crippen molar-refractivity contribution in [1.82, 2.24) is 14.5 Å². The van der Waals surface area contributed by atoms with Gasteiger partial charge in [0.2, 0.25) is 15.9 Å². The van der Waals surface area contributed by atoms with E-state index in [4.69, 9.17) is 0 Å². The summed E-state index contributed by atoms with van der Waals surface area (Å²) >= 11 is 0. The molecule has 3 fully saturated rings. The SMILES string of the molecule is O=C(Nc1cn[nH]c1C1CCCN(S(=O)(=O)CCC2CC2)C1)C1CCCC1. The van der Waals surface area contributed by atoms with Crippen molar-refractivity contribution in [2.45, 2.75) is 63.7 Å². The summed E-state index contributed by atoms with van der Waals surface area (Å²) in [6.45, 7) is 1.07. The molecule has 0 radical (unpaired) electrons. The highest BCUT2D eigenvalue weighted by Gasteiger charge is 2.33. The second-order valence-electron chi connectivity index (χ2n) is 8.41. The molecule has 2 heterocycles. The van der Waals surface area contributed by atoms with Crippen LogP contribution in [0.5, 0.6) is 0 Å². The minimum atomic E-state index is -3.20. The quantitative estimate of drug-likeness (QED) is 0.743. The first-order valence-electron chi connectivity index (χ1n) is 10.3. The van der Waals surface area contributed by atoms with Crippen LogP contribution < -0.4 is 5.32 Å². The second-order valence-corrected chi connectivity index (χ2v) is 10.5. The Morgan fingerprint density at radius 1 is 1.19 bits per heavy atom. The molecule has 4 rings (SSSR count). The van der Waals surface area contributed by atoms with E-state index in [1.807, 2.05) is 0 Å². The smallest absolute Gasteiger partial charge is 0.227 e. The highest BCUT2D eigenvalue weighted by molar-refractivity contribution is 7.89. The van der Waals surface area contributed by atoms with Gasteiger partial charge in [-0.15, -0.1) is 0 Å². The predicted octanol–water partition coefficient (Wildman–Crippen LogP) is 2.85. The van der Waals surface area contributed by atoms with E-state index in [0.29, 0.717) is 24.7 Å². The van der Waals surface area contributed by atoms with Crippen LogP contribution in [0.1, 0.15) is 69.4 Å². The van der Waals surface area contributed by atoms with Gasteiger partial charge in [0.1, 0.15) is 0 Å². The minimum absolute atomic E-state index is 0.0517. The summed E-state index contributed by atoms with van der Waals surface area (Å²) in [4.78, 5) is 12.5. The zero-order valence-corrected chi connectivity index (χ0v) is 16.6. The van der Waals surface area contributed by atoms with E-state index in [-0.39, 0.29) is 23.5 Å². The molecule has 1 saturated heterocycles. The summed E-state index contributed by atoms with van der Waals surface area (Å²) in [7, 11) is -3.20. The van der Waals surface area contributed by atoms with Gasteiger partial charge >= 0.3 is 0 Å². The molecule has 1 aromatic rings. The molecule has 2 aliphatic carbocycles. The van der Waals surface area contributed by atoms with Crippen molar-refractivity contribution >= 4 is 21.6 Å². The lowest BCUT2D eigenvalue weighted by Gasteiger charge is -2.32. The molecule has 0 spiro atoms. The first kappa shape index (κ1) is 18.9. The van der Waals surface area contributed by atoms with E-state index in [1.165, 1.54) is 12.8 Å². The van der Waals surface area contributed by atoms with Crippen LogP contribution in [0.4, 0.5) is 5.69 Å². The van der Waals surface area contributed by atoms with Crippen LogP contribution in [0.2, 0.25) is 0 Å². The predicted molar refractivity (Wildman–Crippen MR) is 104 cm³/mol. The molecular weight excluding hydrogens is 364 g/mol. The third-order valence-electron chi connectivity index (χ3n) is 6.32. The molecule has 1 unspecified atom stereocenters. The molecule has 0 bridgehead atoms. The number of aromatic amines is 1. The largest absolute Gasteiger partial charge is 0.323 e. The van der Waals surface area contributed by atoms with Gasteiger partial charge in [-0.2, -0.15) is 5.10 Å². The molecular formula is C19H30N4O3S. The summed E-state index contributed by atoms with van der Waals surface area (Å²) in [5, 5.41) is 10.2. The lowest BCUT2D eigenvalue weighted by Crippen LogP contribution is -2.40. The number of amides is 1. The summed E-state index contributed by atoms with van der Waals surface area (Å²) in [5.41, 5.74) is 1.58. The Kier molecular flexibility index (Phi) is 5.55. The third-order valence-corrected chi connectivity index (χ3v) is 8.19. The molecule has 27 heavy (non-hydrogen) atoms. The van der Waals surface area contributed by atoms with Crippen molar-refractivity contribution in [3.05, 3.63) is 11.9 Å². The highest BCUT2D eigenvalue weighted by Crippen LogP contribution is 2.35. The number of H-pyrrole nitrogens is 1. The molecule has 8 heteroatoms. The Labute approximate surface area is 161 Å². The number of nitrogens with zero attached hydrogens (tertiary/aromatic N) is 2. The molecule has 1 atom stereocenters. The third kappa shape index (κ3) is 4.54. The summed E-state index contributed by atoms with van der Waals surface area (Å²) in [6.07, 6.45) is 10.7. The number of piperidine rings is 1. The van der Waals surface area contributed by atoms with Crippen molar-refractivity contribution in [2.24, 2.45) is 11.8 Å². The fourth-order valence-corrected chi connectivity index (χ4v) is 6.12. The Hall–Kier alpha value is -1.41. The molecule has 3 aliphatic rings. The van der Waals surface area contributed by atoms with Crippen molar-refractivity contribution in [3.8, 4) is 0 Å². The number of aromatic nitrogens is 2. The summed E-state index contributed by atoms with van der Waals surface area (Å²) < 4.78 is 27.0. The van der Waals surface area contributed by atoms with Crippen LogP contribution in [-0.4, -0.2) is 47.7 Å². The van der Waals surface area contributed by atoms with Crippen molar-refractivity contribution in [1.29, 1.82) is 0 Å². The normalized spacial score (nSPS) is 25.0.